The third-order valence-electron chi connectivity index (χ3n) is 6.99. The molecule has 1 fully saturated rings. The molecule has 0 radical (unpaired) electrons. The zero-order chi connectivity index (χ0) is 24.9. The highest BCUT2D eigenvalue weighted by molar-refractivity contribution is 5.74. The van der Waals surface area contributed by atoms with E-state index < -0.39 is 0 Å². The molecular formula is C30H45N3O. The van der Waals surface area contributed by atoms with E-state index in [4.69, 9.17) is 0 Å². The summed E-state index contributed by atoms with van der Waals surface area (Å²) in [4.78, 5) is 12.3. The molecule has 2 amide bonds. The van der Waals surface area contributed by atoms with E-state index in [2.05, 4.69) is 113 Å². The molecule has 2 aromatic carbocycles. The minimum atomic E-state index is -0.0542. The summed E-state index contributed by atoms with van der Waals surface area (Å²) in [5.41, 5.74) is 5.60. The number of carbonyl (C=O) groups is 1. The van der Waals surface area contributed by atoms with E-state index in [9.17, 15) is 4.79 Å². The van der Waals surface area contributed by atoms with Crippen LogP contribution in [0.15, 0.2) is 48.5 Å². The third-order valence-corrected chi connectivity index (χ3v) is 6.99. The summed E-state index contributed by atoms with van der Waals surface area (Å²) >= 11 is 0. The predicted octanol–water partition coefficient (Wildman–Crippen LogP) is 6.24. The lowest BCUT2D eigenvalue weighted by atomic mass is 9.80. The van der Waals surface area contributed by atoms with Crippen LogP contribution in [0.25, 0.3) is 0 Å². The molecule has 3 rings (SSSR count). The first-order valence-electron chi connectivity index (χ1n) is 13.0. The molecule has 1 heterocycles. The van der Waals surface area contributed by atoms with Gasteiger partial charge in [0.2, 0.25) is 0 Å². The monoisotopic (exact) mass is 463 g/mol. The first-order valence-corrected chi connectivity index (χ1v) is 13.0. The number of urea groups is 1. The summed E-state index contributed by atoms with van der Waals surface area (Å²) in [7, 11) is 0. The first-order chi connectivity index (χ1) is 16.0. The number of carbonyl (C=O) groups excluding carboxylic acids is 1. The van der Waals surface area contributed by atoms with Crippen LogP contribution in [-0.2, 0) is 10.8 Å². The van der Waals surface area contributed by atoms with Crippen molar-refractivity contribution in [1.29, 1.82) is 0 Å². The van der Waals surface area contributed by atoms with Crippen molar-refractivity contribution in [2.75, 3.05) is 13.1 Å². The number of nitrogens with one attached hydrogen (secondary N) is 3. The van der Waals surface area contributed by atoms with E-state index in [1.807, 2.05) is 0 Å². The number of hydrogen-bond acceptors (Lipinski definition) is 2. The molecule has 0 aromatic heterocycles. The lowest BCUT2D eigenvalue weighted by Crippen LogP contribution is -2.43. The average Bonchev–Trinajstić information content (AvgIpc) is 3.21. The van der Waals surface area contributed by atoms with Crippen LogP contribution in [0.4, 0.5) is 4.79 Å². The van der Waals surface area contributed by atoms with Crippen molar-refractivity contribution in [3.63, 3.8) is 0 Å². The van der Waals surface area contributed by atoms with E-state index in [1.54, 1.807) is 0 Å². The summed E-state index contributed by atoms with van der Waals surface area (Å²) in [6.07, 6.45) is 3.00. The normalized spacial score (nSPS) is 18.8. The summed E-state index contributed by atoms with van der Waals surface area (Å²) in [6.45, 7) is 17.2. The van der Waals surface area contributed by atoms with Crippen LogP contribution in [-0.4, -0.2) is 31.2 Å². The van der Waals surface area contributed by atoms with Crippen LogP contribution in [0.2, 0.25) is 0 Å². The Kier molecular flexibility index (Phi) is 8.46. The number of amides is 2. The molecule has 0 saturated carbocycles. The van der Waals surface area contributed by atoms with Crippen molar-refractivity contribution in [1.82, 2.24) is 16.0 Å². The maximum atomic E-state index is 12.3. The number of rotatable bonds is 7. The van der Waals surface area contributed by atoms with Crippen LogP contribution in [0, 0.1) is 0 Å². The minimum Gasteiger partial charge on any atom is -0.338 e. The highest BCUT2D eigenvalue weighted by Gasteiger charge is 2.33. The van der Waals surface area contributed by atoms with Crippen molar-refractivity contribution >= 4 is 6.03 Å². The van der Waals surface area contributed by atoms with Crippen molar-refractivity contribution < 1.29 is 4.79 Å². The second kappa shape index (κ2) is 10.9. The van der Waals surface area contributed by atoms with Crippen LogP contribution in [0.5, 0.6) is 0 Å². The molecule has 1 aliphatic heterocycles. The van der Waals surface area contributed by atoms with Crippen molar-refractivity contribution in [2.24, 2.45) is 0 Å². The molecule has 0 spiro atoms. The van der Waals surface area contributed by atoms with Gasteiger partial charge in [-0.25, -0.2) is 4.79 Å². The lowest BCUT2D eigenvalue weighted by molar-refractivity contribution is 0.237. The molecule has 4 heteroatoms. The maximum absolute atomic E-state index is 12.3. The highest BCUT2D eigenvalue weighted by Crippen LogP contribution is 2.35. The Morgan fingerprint density at radius 3 is 1.85 bits per heavy atom. The molecule has 0 aliphatic carbocycles. The van der Waals surface area contributed by atoms with Gasteiger partial charge in [-0.15, -0.1) is 0 Å². The Balaban J connectivity index is 1.82. The van der Waals surface area contributed by atoms with Gasteiger partial charge in [-0.3, -0.25) is 0 Å². The minimum absolute atomic E-state index is 0.0542. The molecule has 186 valence electrons. The molecule has 2 atom stereocenters. The van der Waals surface area contributed by atoms with Crippen molar-refractivity contribution in [2.45, 2.75) is 96.6 Å². The van der Waals surface area contributed by atoms with Crippen LogP contribution in [0.1, 0.15) is 95.9 Å². The first kappa shape index (κ1) is 26.3. The van der Waals surface area contributed by atoms with Gasteiger partial charge in [0.25, 0.3) is 0 Å². The van der Waals surface area contributed by atoms with Crippen LogP contribution < -0.4 is 16.0 Å². The molecule has 34 heavy (non-hydrogen) atoms. The second-order valence-corrected chi connectivity index (χ2v) is 11.9. The van der Waals surface area contributed by atoms with Gasteiger partial charge >= 0.3 is 6.03 Å². The van der Waals surface area contributed by atoms with Gasteiger partial charge in [-0.2, -0.15) is 0 Å². The van der Waals surface area contributed by atoms with E-state index >= 15 is 0 Å². The van der Waals surface area contributed by atoms with Crippen LogP contribution in [0.3, 0.4) is 0 Å². The van der Waals surface area contributed by atoms with E-state index in [1.165, 1.54) is 22.3 Å². The van der Waals surface area contributed by atoms with Gasteiger partial charge in [0.1, 0.15) is 0 Å². The Morgan fingerprint density at radius 1 is 0.912 bits per heavy atom. The summed E-state index contributed by atoms with van der Waals surface area (Å²) in [5, 5.41) is 9.88. The zero-order valence-electron chi connectivity index (χ0n) is 22.3. The summed E-state index contributed by atoms with van der Waals surface area (Å²) in [6, 6.07) is 18.6. The second-order valence-electron chi connectivity index (χ2n) is 11.9. The molecule has 1 aliphatic rings. The molecule has 1 saturated heterocycles. The Bertz CT molecular complexity index is 862. The van der Waals surface area contributed by atoms with Gasteiger partial charge < -0.3 is 16.0 Å². The van der Waals surface area contributed by atoms with Gasteiger partial charge in [-0.1, -0.05) is 103 Å². The van der Waals surface area contributed by atoms with E-state index in [0.717, 1.165) is 32.4 Å². The fourth-order valence-corrected chi connectivity index (χ4v) is 4.78. The summed E-state index contributed by atoms with van der Waals surface area (Å²) in [5.74, 6) is 0.234. The topological polar surface area (TPSA) is 53.2 Å². The standard InChI is InChI=1S/C30H45N3O/c1-8-9-18-31-28(34)33-25-19-26(32-20-25)27(21-10-14-23(15-11-21)29(2,3)4)22-12-16-24(17-13-22)30(5,6)7/h10-17,25-27,32H,8-9,18-20H2,1-7H3,(H2,31,33,34)/t25-,26-/m1/s1. The number of hydrogen-bond donors (Lipinski definition) is 3. The largest absolute Gasteiger partial charge is 0.338 e. The van der Waals surface area contributed by atoms with Gasteiger partial charge in [0.05, 0.1) is 0 Å². The summed E-state index contributed by atoms with van der Waals surface area (Å²) < 4.78 is 0. The molecule has 3 N–H and O–H groups in total. The molecule has 0 bridgehead atoms. The fourth-order valence-electron chi connectivity index (χ4n) is 4.78. The smallest absolute Gasteiger partial charge is 0.315 e. The third kappa shape index (κ3) is 6.85. The number of unbranched alkanes of at least 4 members (excludes halogenated alkanes) is 1. The lowest BCUT2D eigenvalue weighted by Gasteiger charge is -2.27. The average molecular weight is 464 g/mol. The highest BCUT2D eigenvalue weighted by atomic mass is 16.2. The molecule has 0 unspecified atom stereocenters. The van der Waals surface area contributed by atoms with Gasteiger partial charge in [0.15, 0.2) is 0 Å². The molecule has 2 aromatic rings. The molecule has 4 nitrogen and oxygen atoms in total. The Hall–Kier alpha value is -2.33. The van der Waals surface area contributed by atoms with Crippen molar-refractivity contribution in [3.05, 3.63) is 70.8 Å². The fraction of sp³-hybridized carbons (Fsp3) is 0.567. The SMILES string of the molecule is CCCCNC(=O)N[C@H]1CN[C@@H](C(c2ccc(C(C)(C)C)cc2)c2ccc(C(C)(C)C)cc2)C1. The number of benzene rings is 2. The maximum Gasteiger partial charge on any atom is 0.315 e. The zero-order valence-corrected chi connectivity index (χ0v) is 22.3. The van der Waals surface area contributed by atoms with Gasteiger partial charge in [0, 0.05) is 31.1 Å². The van der Waals surface area contributed by atoms with Gasteiger partial charge in [-0.05, 0) is 45.9 Å². The van der Waals surface area contributed by atoms with Crippen LogP contribution >= 0.6 is 0 Å². The van der Waals surface area contributed by atoms with E-state index in [0.29, 0.717) is 0 Å². The Labute approximate surface area is 207 Å². The molecular weight excluding hydrogens is 418 g/mol. The Morgan fingerprint density at radius 2 is 1.41 bits per heavy atom. The quantitative estimate of drug-likeness (QED) is 0.426. The van der Waals surface area contributed by atoms with Crippen molar-refractivity contribution in [3.8, 4) is 0 Å². The van der Waals surface area contributed by atoms with E-state index in [-0.39, 0.29) is 34.9 Å². The predicted molar refractivity (Wildman–Crippen MR) is 144 cm³/mol.